The Bertz CT molecular complexity index is 502. The minimum atomic E-state index is 0.581. The predicted octanol–water partition coefficient (Wildman–Crippen LogP) is 2.33. The smallest absolute Gasteiger partial charge is 0.129 e. The van der Waals surface area contributed by atoms with Crippen molar-refractivity contribution in [3.8, 4) is 17.0 Å². The largest absolute Gasteiger partial charge is 0.496 e. The molecule has 16 heavy (non-hydrogen) atoms. The van der Waals surface area contributed by atoms with E-state index in [1.54, 1.807) is 31.0 Å². The highest BCUT2D eigenvalue weighted by atomic mass is 35.5. The van der Waals surface area contributed by atoms with Crippen LogP contribution < -0.4 is 10.5 Å². The molecule has 5 heteroatoms. The first-order valence-corrected chi connectivity index (χ1v) is 5.13. The van der Waals surface area contributed by atoms with Gasteiger partial charge in [-0.1, -0.05) is 17.7 Å². The fourth-order valence-electron chi connectivity index (χ4n) is 1.53. The standard InChI is InChI=1S/C11H12ClN3O/c1-15-10(13)6-8(14-15)11-7(12)4-3-5-9(11)16-2/h3-6H,13H2,1-2H3. The third-order valence-electron chi connectivity index (χ3n) is 2.37. The van der Waals surface area contributed by atoms with Gasteiger partial charge in [0.1, 0.15) is 11.6 Å². The molecule has 2 aromatic rings. The van der Waals surface area contributed by atoms with Gasteiger partial charge in [0.15, 0.2) is 0 Å². The quantitative estimate of drug-likeness (QED) is 0.872. The Balaban J connectivity index is 2.62. The van der Waals surface area contributed by atoms with Crippen molar-refractivity contribution in [3.63, 3.8) is 0 Å². The van der Waals surface area contributed by atoms with Crippen molar-refractivity contribution >= 4 is 17.4 Å². The number of aryl methyl sites for hydroxylation is 1. The number of aromatic nitrogens is 2. The number of anilines is 1. The van der Waals surface area contributed by atoms with E-state index in [1.165, 1.54) is 0 Å². The summed E-state index contributed by atoms with van der Waals surface area (Å²) in [6.07, 6.45) is 0. The highest BCUT2D eigenvalue weighted by molar-refractivity contribution is 6.33. The molecule has 1 heterocycles. The maximum absolute atomic E-state index is 6.13. The summed E-state index contributed by atoms with van der Waals surface area (Å²) in [6, 6.07) is 7.23. The number of halogens is 1. The minimum Gasteiger partial charge on any atom is -0.496 e. The van der Waals surface area contributed by atoms with Crippen molar-refractivity contribution in [2.75, 3.05) is 12.8 Å². The minimum absolute atomic E-state index is 0.581. The molecule has 1 aromatic carbocycles. The van der Waals surface area contributed by atoms with Gasteiger partial charge in [-0.15, -0.1) is 0 Å². The van der Waals surface area contributed by atoms with E-state index in [1.807, 2.05) is 12.1 Å². The van der Waals surface area contributed by atoms with Crippen molar-refractivity contribution in [2.45, 2.75) is 0 Å². The third kappa shape index (κ3) is 1.72. The van der Waals surface area contributed by atoms with E-state index in [4.69, 9.17) is 22.1 Å². The summed E-state index contributed by atoms with van der Waals surface area (Å²) < 4.78 is 6.85. The number of hydrogen-bond acceptors (Lipinski definition) is 3. The van der Waals surface area contributed by atoms with Gasteiger partial charge in [-0.2, -0.15) is 5.10 Å². The van der Waals surface area contributed by atoms with E-state index < -0.39 is 0 Å². The first-order valence-electron chi connectivity index (χ1n) is 4.76. The SMILES string of the molecule is COc1cccc(Cl)c1-c1cc(N)n(C)n1. The first kappa shape index (κ1) is 10.8. The van der Waals surface area contributed by atoms with Crippen LogP contribution in [0.2, 0.25) is 5.02 Å². The monoisotopic (exact) mass is 237 g/mol. The van der Waals surface area contributed by atoms with Crippen LogP contribution in [0.5, 0.6) is 5.75 Å². The van der Waals surface area contributed by atoms with E-state index in [9.17, 15) is 0 Å². The molecule has 0 aliphatic rings. The molecule has 0 spiro atoms. The molecule has 84 valence electrons. The van der Waals surface area contributed by atoms with Crippen LogP contribution in [0.25, 0.3) is 11.3 Å². The van der Waals surface area contributed by atoms with Crippen molar-refractivity contribution in [2.24, 2.45) is 7.05 Å². The van der Waals surface area contributed by atoms with Crippen molar-refractivity contribution in [3.05, 3.63) is 29.3 Å². The number of ether oxygens (including phenoxy) is 1. The van der Waals surface area contributed by atoms with E-state index >= 15 is 0 Å². The average Bonchev–Trinajstić information content (AvgIpc) is 2.58. The third-order valence-corrected chi connectivity index (χ3v) is 2.68. The number of rotatable bonds is 2. The molecule has 0 saturated heterocycles. The summed E-state index contributed by atoms with van der Waals surface area (Å²) in [6.45, 7) is 0. The van der Waals surface area contributed by atoms with E-state index in [0.29, 0.717) is 22.3 Å². The fraction of sp³-hybridized carbons (Fsp3) is 0.182. The van der Waals surface area contributed by atoms with Crippen LogP contribution in [0, 0.1) is 0 Å². The van der Waals surface area contributed by atoms with Crippen molar-refractivity contribution in [1.29, 1.82) is 0 Å². The van der Waals surface area contributed by atoms with Crippen LogP contribution in [0.4, 0.5) is 5.82 Å². The predicted molar refractivity (Wildman–Crippen MR) is 64.6 cm³/mol. The molecule has 0 fully saturated rings. The molecule has 0 atom stereocenters. The molecular formula is C11H12ClN3O. The number of nitrogens with zero attached hydrogens (tertiary/aromatic N) is 2. The number of nitrogen functional groups attached to an aromatic ring is 1. The zero-order valence-electron chi connectivity index (χ0n) is 9.07. The summed E-state index contributed by atoms with van der Waals surface area (Å²) >= 11 is 6.13. The van der Waals surface area contributed by atoms with Gasteiger partial charge in [0.2, 0.25) is 0 Å². The Hall–Kier alpha value is -1.68. The second kappa shape index (κ2) is 4.06. The summed E-state index contributed by atoms with van der Waals surface area (Å²) in [4.78, 5) is 0. The summed E-state index contributed by atoms with van der Waals surface area (Å²) in [5.41, 5.74) is 7.21. The lowest BCUT2D eigenvalue weighted by Crippen LogP contribution is -1.96. The number of nitrogens with two attached hydrogens (primary N) is 1. The zero-order valence-corrected chi connectivity index (χ0v) is 9.82. The lowest BCUT2D eigenvalue weighted by Gasteiger charge is -2.07. The highest BCUT2D eigenvalue weighted by Crippen LogP contribution is 2.35. The van der Waals surface area contributed by atoms with Crippen LogP contribution in [0.3, 0.4) is 0 Å². The maximum Gasteiger partial charge on any atom is 0.129 e. The Kier molecular flexibility index (Phi) is 2.75. The van der Waals surface area contributed by atoms with Crippen LogP contribution in [-0.2, 0) is 7.05 Å². The summed E-state index contributed by atoms with van der Waals surface area (Å²) in [5, 5.41) is 4.87. The normalized spacial score (nSPS) is 10.4. The fourth-order valence-corrected chi connectivity index (χ4v) is 1.79. The molecular weight excluding hydrogens is 226 g/mol. The van der Waals surface area contributed by atoms with Crippen LogP contribution >= 0.6 is 11.6 Å². The molecule has 0 radical (unpaired) electrons. The number of hydrogen-bond donors (Lipinski definition) is 1. The van der Waals surface area contributed by atoms with Gasteiger partial charge >= 0.3 is 0 Å². The van der Waals surface area contributed by atoms with Gasteiger partial charge in [0, 0.05) is 13.1 Å². The molecule has 4 nitrogen and oxygen atoms in total. The second-order valence-electron chi connectivity index (χ2n) is 3.40. The Morgan fingerprint density at radius 3 is 2.75 bits per heavy atom. The molecule has 0 aliphatic heterocycles. The number of methoxy groups -OCH3 is 1. The van der Waals surface area contributed by atoms with E-state index in [2.05, 4.69) is 5.10 Å². The molecule has 0 aliphatic carbocycles. The zero-order chi connectivity index (χ0) is 11.7. The highest BCUT2D eigenvalue weighted by Gasteiger charge is 2.13. The Labute approximate surface area is 98.6 Å². The molecule has 2 N–H and O–H groups in total. The van der Waals surface area contributed by atoms with Crippen LogP contribution in [0.15, 0.2) is 24.3 Å². The molecule has 1 aromatic heterocycles. The topological polar surface area (TPSA) is 53.1 Å². The van der Waals surface area contributed by atoms with Crippen LogP contribution in [0.1, 0.15) is 0 Å². The lowest BCUT2D eigenvalue weighted by atomic mass is 10.1. The van der Waals surface area contributed by atoms with Crippen molar-refractivity contribution < 1.29 is 4.74 Å². The van der Waals surface area contributed by atoms with Gasteiger partial charge in [-0.05, 0) is 12.1 Å². The lowest BCUT2D eigenvalue weighted by molar-refractivity contribution is 0.416. The van der Waals surface area contributed by atoms with Gasteiger partial charge < -0.3 is 10.5 Å². The Morgan fingerprint density at radius 1 is 1.44 bits per heavy atom. The number of benzene rings is 1. The first-order chi connectivity index (χ1) is 7.63. The molecule has 0 bridgehead atoms. The molecule has 2 rings (SSSR count). The van der Waals surface area contributed by atoms with Gasteiger partial charge in [-0.25, -0.2) is 0 Å². The average molecular weight is 238 g/mol. The van der Waals surface area contributed by atoms with Gasteiger partial charge in [0.05, 0.1) is 23.4 Å². The summed E-state index contributed by atoms with van der Waals surface area (Å²) in [5.74, 6) is 1.27. The van der Waals surface area contributed by atoms with E-state index in [0.717, 1.165) is 5.56 Å². The van der Waals surface area contributed by atoms with Crippen molar-refractivity contribution in [1.82, 2.24) is 9.78 Å². The van der Waals surface area contributed by atoms with Crippen LogP contribution in [-0.4, -0.2) is 16.9 Å². The second-order valence-corrected chi connectivity index (χ2v) is 3.80. The maximum atomic E-state index is 6.13. The van der Waals surface area contributed by atoms with Gasteiger partial charge in [0.25, 0.3) is 0 Å². The molecule has 0 saturated carbocycles. The summed E-state index contributed by atoms with van der Waals surface area (Å²) in [7, 11) is 3.38. The van der Waals surface area contributed by atoms with E-state index in [-0.39, 0.29) is 0 Å². The Morgan fingerprint density at radius 2 is 2.19 bits per heavy atom. The van der Waals surface area contributed by atoms with Gasteiger partial charge in [-0.3, -0.25) is 4.68 Å². The molecule has 0 amide bonds. The molecule has 0 unspecified atom stereocenters.